The fraction of sp³-hybridized carbons (Fsp3) is 0.158. The van der Waals surface area contributed by atoms with Gasteiger partial charge in [0.25, 0.3) is 0 Å². The first kappa shape index (κ1) is 17.4. The number of hydrogen-bond acceptors (Lipinski definition) is 3. The third kappa shape index (κ3) is 5.00. The molecule has 0 unspecified atom stereocenters. The summed E-state index contributed by atoms with van der Waals surface area (Å²) in [5, 5.41) is 10.0. The van der Waals surface area contributed by atoms with Gasteiger partial charge >= 0.3 is 142 Å². The van der Waals surface area contributed by atoms with Gasteiger partial charge in [-0.2, -0.15) is 0 Å². The van der Waals surface area contributed by atoms with E-state index in [0.29, 0.717) is 10.0 Å². The third-order valence-corrected chi connectivity index (χ3v) is 5.23. The van der Waals surface area contributed by atoms with Crippen molar-refractivity contribution in [2.45, 2.75) is 19.4 Å². The Hall–Kier alpha value is -2.00. The average molecular weight is 373 g/mol. The number of carbonyl (C=O) groups excluding carboxylic acids is 2. The molecule has 0 aliphatic heterocycles. The van der Waals surface area contributed by atoms with Crippen LogP contribution in [-0.2, 0) is 4.79 Å². The van der Waals surface area contributed by atoms with Gasteiger partial charge in [0.05, 0.1) is 0 Å². The number of ketones is 2. The normalized spacial score (nSPS) is 12.0. The van der Waals surface area contributed by atoms with Crippen molar-refractivity contribution in [3.63, 3.8) is 0 Å². The van der Waals surface area contributed by atoms with Crippen molar-refractivity contribution in [1.82, 2.24) is 0 Å². The Morgan fingerprint density at radius 1 is 0.957 bits per heavy atom. The monoisotopic (exact) mass is 374 g/mol. The van der Waals surface area contributed by atoms with Crippen molar-refractivity contribution in [2.24, 2.45) is 0 Å². The van der Waals surface area contributed by atoms with Gasteiger partial charge < -0.3 is 0 Å². The first-order chi connectivity index (χ1) is 10.9. The van der Waals surface area contributed by atoms with Crippen molar-refractivity contribution in [3.05, 3.63) is 76.8 Å². The summed E-state index contributed by atoms with van der Waals surface area (Å²) >= 11 is -0.344. The molecule has 0 saturated carbocycles. The van der Waals surface area contributed by atoms with Crippen LogP contribution in [0.25, 0.3) is 0 Å². The zero-order chi connectivity index (χ0) is 16.9. The molecule has 0 radical (unpaired) electrons. The van der Waals surface area contributed by atoms with E-state index < -0.39 is 11.4 Å². The Kier molecular flexibility index (Phi) is 5.67. The van der Waals surface area contributed by atoms with Crippen LogP contribution in [-0.4, -0.2) is 37.2 Å². The Bertz CT molecular complexity index is 713. The van der Waals surface area contributed by atoms with Crippen molar-refractivity contribution in [1.29, 1.82) is 0 Å². The van der Waals surface area contributed by atoms with Gasteiger partial charge in [-0.15, -0.1) is 0 Å². The van der Waals surface area contributed by atoms with Crippen LogP contribution in [0.2, 0.25) is 0 Å². The number of Topliss-reactive ketones (excluding diaryl/α,β-unsaturated/α-hetero) is 1. The minimum absolute atomic E-state index is 0.226. The Labute approximate surface area is 142 Å². The van der Waals surface area contributed by atoms with E-state index in [9.17, 15) is 14.7 Å². The molecule has 0 aromatic heterocycles. The second-order valence-corrected chi connectivity index (χ2v) is 7.88. The molecule has 0 heterocycles. The molecule has 0 bridgehead atoms. The first-order valence-electron chi connectivity index (χ1n) is 7.19. The summed E-state index contributed by atoms with van der Waals surface area (Å²) < 4.78 is 1.34. The molecular weight excluding hydrogens is 355 g/mol. The third-order valence-electron chi connectivity index (χ3n) is 3.07. The van der Waals surface area contributed by atoms with Gasteiger partial charge in [0, 0.05) is 0 Å². The first-order valence-corrected chi connectivity index (χ1v) is 8.90. The van der Waals surface area contributed by atoms with Gasteiger partial charge in [-0.1, -0.05) is 0 Å². The average Bonchev–Trinajstić information content (AvgIpc) is 2.54. The van der Waals surface area contributed by atoms with Crippen LogP contribution >= 0.6 is 0 Å². The molecule has 4 heteroatoms. The summed E-state index contributed by atoms with van der Waals surface area (Å²) in [6.07, 6.45) is 1.36. The fourth-order valence-electron chi connectivity index (χ4n) is 1.86. The topological polar surface area (TPSA) is 54.4 Å². The van der Waals surface area contributed by atoms with Gasteiger partial charge in [0.2, 0.25) is 0 Å². The molecule has 2 aromatic rings. The number of allylic oxidation sites excluding steroid dienone is 1. The molecule has 23 heavy (non-hydrogen) atoms. The Balaban J connectivity index is 2.35. The van der Waals surface area contributed by atoms with Crippen molar-refractivity contribution in [3.8, 4) is 0 Å². The number of benzene rings is 2. The van der Waals surface area contributed by atoms with E-state index in [2.05, 4.69) is 0 Å². The molecule has 0 saturated heterocycles. The van der Waals surface area contributed by atoms with Crippen molar-refractivity contribution >= 4 is 31.0 Å². The minimum atomic E-state index is -1.50. The van der Waals surface area contributed by atoms with Gasteiger partial charge in [0.1, 0.15) is 0 Å². The van der Waals surface area contributed by atoms with E-state index in [1.807, 2.05) is 36.4 Å². The Morgan fingerprint density at radius 2 is 1.48 bits per heavy atom. The molecule has 0 atom stereocenters. The fourth-order valence-corrected chi connectivity index (χ4v) is 4.08. The molecule has 0 aliphatic carbocycles. The van der Waals surface area contributed by atoms with Crippen LogP contribution in [0, 0.1) is 0 Å². The van der Waals surface area contributed by atoms with E-state index in [0.717, 1.165) is 4.46 Å². The van der Waals surface area contributed by atoms with Crippen molar-refractivity contribution in [2.75, 3.05) is 0 Å². The molecule has 0 spiro atoms. The van der Waals surface area contributed by atoms with E-state index in [-0.39, 0.29) is 20.7 Å². The summed E-state index contributed by atoms with van der Waals surface area (Å²) in [7, 11) is 0. The molecule has 0 amide bonds. The summed E-state index contributed by atoms with van der Waals surface area (Å²) in [4.78, 5) is 24.9. The van der Waals surface area contributed by atoms with Crippen LogP contribution in [0.3, 0.4) is 0 Å². The molecule has 2 aromatic carbocycles. The Morgan fingerprint density at radius 3 is 2.00 bits per heavy atom. The predicted octanol–water partition coefficient (Wildman–Crippen LogP) is 2.12. The van der Waals surface area contributed by atoms with Crippen LogP contribution in [0.5, 0.6) is 0 Å². The summed E-state index contributed by atoms with van der Waals surface area (Å²) in [6, 6.07) is 18.3. The number of aliphatic hydroxyl groups is 1. The zero-order valence-electron chi connectivity index (χ0n) is 13.0. The molecule has 118 valence electrons. The molecule has 1 N–H and O–H groups in total. The zero-order valence-corrected chi connectivity index (χ0v) is 14.7. The van der Waals surface area contributed by atoms with Gasteiger partial charge in [-0.25, -0.2) is 0 Å². The maximum atomic E-state index is 12.5. The molecule has 2 rings (SSSR count). The summed E-state index contributed by atoms with van der Waals surface area (Å²) in [6.45, 7) is 2.88. The number of carbonyl (C=O) groups is 2. The molecular formula is C19H18O3Se. The molecule has 0 aliphatic rings. The summed E-state index contributed by atoms with van der Waals surface area (Å²) in [5.74, 6) is -0.637. The summed E-state index contributed by atoms with van der Waals surface area (Å²) in [5.41, 5.74) is -0.975. The van der Waals surface area contributed by atoms with Crippen molar-refractivity contribution < 1.29 is 14.7 Å². The van der Waals surface area contributed by atoms with E-state index in [1.54, 1.807) is 24.3 Å². The number of hydrogen-bond donors (Lipinski definition) is 1. The second-order valence-electron chi connectivity index (χ2n) is 5.54. The van der Waals surface area contributed by atoms with Gasteiger partial charge in [-0.05, 0) is 0 Å². The van der Waals surface area contributed by atoms with Crippen LogP contribution < -0.4 is 4.46 Å². The van der Waals surface area contributed by atoms with E-state index >= 15 is 0 Å². The van der Waals surface area contributed by atoms with E-state index in [4.69, 9.17) is 0 Å². The van der Waals surface area contributed by atoms with Gasteiger partial charge in [0.15, 0.2) is 0 Å². The second kappa shape index (κ2) is 7.51. The SMILES string of the molecule is CC(C)(O)C(=O)/C(=C\C(=O)c1ccccc1)[Se]c1ccccc1. The van der Waals surface area contributed by atoms with E-state index in [1.165, 1.54) is 19.9 Å². The van der Waals surface area contributed by atoms with Crippen LogP contribution in [0.1, 0.15) is 24.2 Å². The van der Waals surface area contributed by atoms with Gasteiger partial charge in [-0.3, -0.25) is 0 Å². The standard InChI is InChI=1S/C19H18O3Se/c1-19(2,22)18(21)17(23-15-11-7-4-8-12-15)13-16(20)14-9-5-3-6-10-14/h3-13,22H,1-2H3/b17-13+. The predicted molar refractivity (Wildman–Crippen MR) is 92.0 cm³/mol. The maximum absolute atomic E-state index is 12.5. The molecule has 0 fully saturated rings. The van der Waals surface area contributed by atoms with Crippen LogP contribution in [0.15, 0.2) is 71.2 Å². The number of rotatable bonds is 6. The quantitative estimate of drug-likeness (QED) is 0.480. The molecule has 3 nitrogen and oxygen atoms in total. The van der Waals surface area contributed by atoms with Crippen LogP contribution in [0.4, 0.5) is 0 Å².